The van der Waals surface area contributed by atoms with Gasteiger partial charge in [-0.3, -0.25) is 0 Å². The molecule has 0 radical (unpaired) electrons. The van der Waals surface area contributed by atoms with Gasteiger partial charge in [-0.05, 0) is 6.92 Å². The number of carboxylic acid groups (broad SMARTS) is 1. The first kappa shape index (κ1) is 13.0. The van der Waals surface area contributed by atoms with E-state index in [2.05, 4.69) is 15.1 Å². The number of aryl methyl sites for hydroxylation is 1. The second-order valence-corrected chi connectivity index (χ2v) is 4.51. The van der Waals surface area contributed by atoms with E-state index in [4.69, 9.17) is 0 Å². The van der Waals surface area contributed by atoms with Crippen LogP contribution in [-0.2, 0) is 0 Å². The van der Waals surface area contributed by atoms with Crippen molar-refractivity contribution in [2.24, 2.45) is 0 Å². The minimum Gasteiger partial charge on any atom is -0.478 e. The molecular formula is C15H12N4O2. The van der Waals surface area contributed by atoms with Crippen molar-refractivity contribution in [1.29, 1.82) is 0 Å². The van der Waals surface area contributed by atoms with Crippen LogP contribution in [0.5, 0.6) is 0 Å². The van der Waals surface area contributed by atoms with E-state index >= 15 is 0 Å². The fraction of sp³-hybridized carbons (Fsp3) is 0.0667. The van der Waals surface area contributed by atoms with Crippen molar-refractivity contribution in [2.75, 3.05) is 0 Å². The molecule has 0 aliphatic rings. The maximum atomic E-state index is 11.4. The van der Waals surface area contributed by atoms with E-state index in [0.29, 0.717) is 11.5 Å². The number of hydrogen-bond donors (Lipinski definition) is 1. The molecule has 3 rings (SSSR count). The zero-order chi connectivity index (χ0) is 14.8. The summed E-state index contributed by atoms with van der Waals surface area (Å²) in [7, 11) is 0. The molecule has 0 aliphatic heterocycles. The maximum absolute atomic E-state index is 11.4. The van der Waals surface area contributed by atoms with Gasteiger partial charge in [0.15, 0.2) is 5.82 Å². The van der Waals surface area contributed by atoms with Crippen LogP contribution in [0.25, 0.3) is 17.1 Å². The molecule has 104 valence electrons. The highest BCUT2D eigenvalue weighted by Crippen LogP contribution is 2.25. The summed E-state index contributed by atoms with van der Waals surface area (Å²) < 4.78 is 1.52. The average molecular weight is 280 g/mol. The number of carboxylic acids is 1. The van der Waals surface area contributed by atoms with Crippen LogP contribution in [-0.4, -0.2) is 30.8 Å². The lowest BCUT2D eigenvalue weighted by atomic mass is 10.1. The topological polar surface area (TPSA) is 80.9 Å². The van der Waals surface area contributed by atoms with Crippen molar-refractivity contribution in [3.8, 4) is 17.1 Å². The summed E-state index contributed by atoms with van der Waals surface area (Å²) in [5.74, 6) is -0.486. The molecule has 21 heavy (non-hydrogen) atoms. The molecule has 0 bridgehead atoms. The van der Waals surface area contributed by atoms with Crippen LogP contribution in [0.1, 0.15) is 16.1 Å². The van der Waals surface area contributed by atoms with Gasteiger partial charge in [0.2, 0.25) is 0 Å². The highest BCUT2D eigenvalue weighted by molar-refractivity contribution is 5.95. The van der Waals surface area contributed by atoms with Gasteiger partial charge in [-0.15, -0.1) is 0 Å². The third kappa shape index (κ3) is 2.38. The molecule has 2 heterocycles. The highest BCUT2D eigenvalue weighted by atomic mass is 16.4. The Bertz CT molecular complexity index is 796. The SMILES string of the molecule is Cc1cc(-n2ncc(C(=O)O)c2-c2ccccc2)ncn1. The van der Waals surface area contributed by atoms with Gasteiger partial charge in [0, 0.05) is 17.3 Å². The maximum Gasteiger partial charge on any atom is 0.339 e. The molecule has 0 unspecified atom stereocenters. The van der Waals surface area contributed by atoms with Gasteiger partial charge in [-0.1, -0.05) is 30.3 Å². The molecule has 0 aliphatic carbocycles. The summed E-state index contributed by atoms with van der Waals surface area (Å²) in [5, 5.41) is 13.5. The van der Waals surface area contributed by atoms with Crippen LogP contribution in [0.2, 0.25) is 0 Å². The molecule has 2 aromatic heterocycles. The molecule has 1 N–H and O–H groups in total. The molecule has 0 saturated carbocycles. The quantitative estimate of drug-likeness (QED) is 0.796. The summed E-state index contributed by atoms with van der Waals surface area (Å²) in [5.41, 5.74) is 2.19. The Morgan fingerprint density at radius 1 is 1.19 bits per heavy atom. The summed E-state index contributed by atoms with van der Waals surface area (Å²) in [6, 6.07) is 11.0. The summed E-state index contributed by atoms with van der Waals surface area (Å²) in [4.78, 5) is 19.6. The van der Waals surface area contributed by atoms with E-state index in [0.717, 1.165) is 11.3 Å². The van der Waals surface area contributed by atoms with Crippen LogP contribution in [0.4, 0.5) is 0 Å². The van der Waals surface area contributed by atoms with Gasteiger partial charge in [0.1, 0.15) is 11.9 Å². The number of aromatic carboxylic acids is 1. The number of benzene rings is 1. The van der Waals surface area contributed by atoms with Crippen LogP contribution in [0.3, 0.4) is 0 Å². The molecule has 6 heteroatoms. The lowest BCUT2D eigenvalue weighted by Crippen LogP contribution is -2.05. The zero-order valence-electron chi connectivity index (χ0n) is 11.3. The largest absolute Gasteiger partial charge is 0.478 e. The third-order valence-electron chi connectivity index (χ3n) is 3.05. The second-order valence-electron chi connectivity index (χ2n) is 4.51. The lowest BCUT2D eigenvalue weighted by molar-refractivity contribution is 0.0697. The number of rotatable bonds is 3. The molecular weight excluding hydrogens is 268 g/mol. The predicted octanol–water partition coefficient (Wildman–Crippen LogP) is 2.34. The smallest absolute Gasteiger partial charge is 0.339 e. The lowest BCUT2D eigenvalue weighted by Gasteiger charge is -2.08. The molecule has 0 spiro atoms. The predicted molar refractivity (Wildman–Crippen MR) is 76.3 cm³/mol. The summed E-state index contributed by atoms with van der Waals surface area (Å²) in [6.07, 6.45) is 2.77. The van der Waals surface area contributed by atoms with Crippen molar-refractivity contribution >= 4 is 5.97 Å². The number of carbonyl (C=O) groups is 1. The Morgan fingerprint density at radius 3 is 2.62 bits per heavy atom. The van der Waals surface area contributed by atoms with Gasteiger partial charge >= 0.3 is 5.97 Å². The van der Waals surface area contributed by atoms with E-state index < -0.39 is 5.97 Å². The van der Waals surface area contributed by atoms with Crippen LogP contribution >= 0.6 is 0 Å². The summed E-state index contributed by atoms with van der Waals surface area (Å²) in [6.45, 7) is 1.84. The number of nitrogens with zero attached hydrogens (tertiary/aromatic N) is 4. The van der Waals surface area contributed by atoms with Gasteiger partial charge in [0.25, 0.3) is 0 Å². The van der Waals surface area contributed by atoms with Crippen LogP contribution in [0.15, 0.2) is 48.9 Å². The van der Waals surface area contributed by atoms with Crippen LogP contribution in [0, 0.1) is 6.92 Å². The zero-order valence-corrected chi connectivity index (χ0v) is 11.3. The first-order valence-electron chi connectivity index (χ1n) is 6.32. The first-order valence-corrected chi connectivity index (χ1v) is 6.32. The second kappa shape index (κ2) is 5.16. The Balaban J connectivity index is 2.25. The monoisotopic (exact) mass is 280 g/mol. The first-order chi connectivity index (χ1) is 10.2. The van der Waals surface area contributed by atoms with E-state index in [-0.39, 0.29) is 5.56 Å². The standard InChI is InChI=1S/C15H12N4O2/c1-10-7-13(17-9-16-10)19-14(11-5-3-2-4-6-11)12(8-18-19)15(20)21/h2-9H,1H3,(H,20,21). The van der Waals surface area contributed by atoms with Crippen molar-refractivity contribution in [3.05, 3.63) is 60.2 Å². The van der Waals surface area contributed by atoms with Gasteiger partial charge in [0.05, 0.1) is 11.9 Å². The van der Waals surface area contributed by atoms with E-state index in [9.17, 15) is 9.90 Å². The Hall–Kier alpha value is -3.02. The van der Waals surface area contributed by atoms with Crippen molar-refractivity contribution in [1.82, 2.24) is 19.7 Å². The van der Waals surface area contributed by atoms with Crippen LogP contribution < -0.4 is 0 Å². The van der Waals surface area contributed by atoms with Gasteiger partial charge < -0.3 is 5.11 Å². The molecule has 0 atom stereocenters. The normalized spacial score (nSPS) is 10.5. The Labute approximate surface area is 120 Å². The highest BCUT2D eigenvalue weighted by Gasteiger charge is 2.19. The van der Waals surface area contributed by atoms with Crippen molar-refractivity contribution in [2.45, 2.75) is 6.92 Å². The molecule has 0 saturated heterocycles. The molecule has 0 amide bonds. The van der Waals surface area contributed by atoms with E-state index in [1.54, 1.807) is 6.07 Å². The third-order valence-corrected chi connectivity index (χ3v) is 3.05. The minimum atomic E-state index is -1.02. The number of aromatic nitrogens is 4. The molecule has 3 aromatic rings. The van der Waals surface area contributed by atoms with E-state index in [1.807, 2.05) is 37.3 Å². The summed E-state index contributed by atoms with van der Waals surface area (Å²) >= 11 is 0. The minimum absolute atomic E-state index is 0.137. The molecule has 0 fully saturated rings. The van der Waals surface area contributed by atoms with Gasteiger partial charge in [-0.25, -0.2) is 19.4 Å². The Kier molecular flexibility index (Phi) is 3.19. The fourth-order valence-electron chi connectivity index (χ4n) is 2.11. The van der Waals surface area contributed by atoms with Crippen molar-refractivity contribution < 1.29 is 9.90 Å². The van der Waals surface area contributed by atoms with E-state index in [1.165, 1.54) is 17.2 Å². The number of hydrogen-bond acceptors (Lipinski definition) is 4. The van der Waals surface area contributed by atoms with Gasteiger partial charge in [-0.2, -0.15) is 5.10 Å². The van der Waals surface area contributed by atoms with Crippen molar-refractivity contribution in [3.63, 3.8) is 0 Å². The Morgan fingerprint density at radius 2 is 1.95 bits per heavy atom. The average Bonchev–Trinajstić information content (AvgIpc) is 2.93. The molecule has 6 nitrogen and oxygen atoms in total. The molecule has 1 aromatic carbocycles. The fourth-order valence-corrected chi connectivity index (χ4v) is 2.11.